The van der Waals surface area contributed by atoms with Gasteiger partial charge in [0.25, 0.3) is 5.91 Å². The molecule has 1 aliphatic rings. The first-order valence-corrected chi connectivity index (χ1v) is 11.0. The van der Waals surface area contributed by atoms with E-state index in [9.17, 15) is 4.79 Å². The first-order valence-electron chi connectivity index (χ1n) is 9.79. The minimum absolute atomic E-state index is 0. The number of rotatable bonds is 5. The summed E-state index contributed by atoms with van der Waals surface area (Å²) in [6.45, 7) is 4.98. The Kier molecular flexibility index (Phi) is 7.31. The molecule has 166 valence electrons. The zero-order valence-electron chi connectivity index (χ0n) is 17.8. The van der Waals surface area contributed by atoms with Crippen LogP contribution in [0, 0.1) is 6.92 Å². The number of aryl methyl sites for hydroxylation is 1. The number of fused-ring (bicyclic) bond motifs is 2. The third kappa shape index (κ3) is 4.75. The first kappa shape index (κ1) is 23.6. The van der Waals surface area contributed by atoms with Crippen molar-refractivity contribution in [2.24, 2.45) is 0 Å². The average Bonchev–Trinajstić information content (AvgIpc) is 3.14. The quantitative estimate of drug-likeness (QED) is 0.523. The third-order valence-corrected chi connectivity index (χ3v) is 6.54. The van der Waals surface area contributed by atoms with Crippen molar-refractivity contribution in [3.8, 4) is 11.5 Å². The van der Waals surface area contributed by atoms with Crippen molar-refractivity contribution < 1.29 is 14.3 Å². The number of thiazole rings is 1. The van der Waals surface area contributed by atoms with Crippen LogP contribution in [-0.4, -0.2) is 55.2 Å². The molecule has 6 nitrogen and oxygen atoms in total. The second kappa shape index (κ2) is 9.61. The van der Waals surface area contributed by atoms with Crippen LogP contribution in [-0.2, 0) is 4.79 Å². The predicted molar refractivity (Wildman–Crippen MR) is 128 cm³/mol. The van der Waals surface area contributed by atoms with Gasteiger partial charge in [-0.25, -0.2) is 4.98 Å². The van der Waals surface area contributed by atoms with Crippen molar-refractivity contribution in [2.75, 3.05) is 32.1 Å². The molecule has 1 aromatic heterocycles. The van der Waals surface area contributed by atoms with Gasteiger partial charge in [0.2, 0.25) is 6.10 Å². The number of anilines is 1. The van der Waals surface area contributed by atoms with Crippen LogP contribution in [0.2, 0.25) is 5.02 Å². The van der Waals surface area contributed by atoms with E-state index in [2.05, 4.69) is 0 Å². The lowest BCUT2D eigenvalue weighted by Crippen LogP contribution is -2.52. The van der Waals surface area contributed by atoms with Crippen molar-refractivity contribution in [3.05, 3.63) is 47.0 Å². The van der Waals surface area contributed by atoms with Crippen molar-refractivity contribution in [3.63, 3.8) is 0 Å². The molecule has 0 radical (unpaired) electrons. The molecule has 1 amide bonds. The molecule has 0 saturated carbocycles. The predicted octanol–water partition coefficient (Wildman–Crippen LogP) is 4.80. The Balaban J connectivity index is 0.00000272. The number of aromatic nitrogens is 1. The SMILES string of the molecule is Cc1c(Cl)ccc2sc(N(CCN(C)C)C(=O)C3Oc4ccccc4OC3C)nc12.Cl. The van der Waals surface area contributed by atoms with Crippen LogP contribution in [0.1, 0.15) is 12.5 Å². The second-order valence-corrected chi connectivity index (χ2v) is 9.03. The van der Waals surface area contributed by atoms with Gasteiger partial charge in [0.05, 0.1) is 10.2 Å². The number of hydrogen-bond acceptors (Lipinski definition) is 6. The first-order chi connectivity index (χ1) is 14.3. The zero-order valence-corrected chi connectivity index (χ0v) is 20.2. The summed E-state index contributed by atoms with van der Waals surface area (Å²) in [7, 11) is 3.95. The highest BCUT2D eigenvalue weighted by molar-refractivity contribution is 7.22. The van der Waals surface area contributed by atoms with Crippen molar-refractivity contribution in [2.45, 2.75) is 26.1 Å². The maximum absolute atomic E-state index is 13.6. The molecule has 4 rings (SSSR count). The van der Waals surface area contributed by atoms with E-state index < -0.39 is 12.2 Å². The third-order valence-electron chi connectivity index (χ3n) is 5.09. The Morgan fingerprint density at radius 1 is 1.13 bits per heavy atom. The van der Waals surface area contributed by atoms with E-state index in [1.807, 2.05) is 69.2 Å². The summed E-state index contributed by atoms with van der Waals surface area (Å²) >= 11 is 7.75. The number of carbonyl (C=O) groups excluding carboxylic acids is 1. The Labute approximate surface area is 197 Å². The van der Waals surface area contributed by atoms with Gasteiger partial charge in [-0.05, 0) is 57.8 Å². The van der Waals surface area contributed by atoms with Gasteiger partial charge < -0.3 is 14.4 Å². The van der Waals surface area contributed by atoms with Gasteiger partial charge in [0.1, 0.15) is 6.10 Å². The molecule has 2 heterocycles. The minimum atomic E-state index is -0.751. The van der Waals surface area contributed by atoms with Gasteiger partial charge in [0, 0.05) is 18.1 Å². The summed E-state index contributed by atoms with van der Waals surface area (Å²) in [4.78, 5) is 22.1. The van der Waals surface area contributed by atoms with Crippen LogP contribution in [0.15, 0.2) is 36.4 Å². The van der Waals surface area contributed by atoms with Crippen LogP contribution in [0.25, 0.3) is 10.2 Å². The van der Waals surface area contributed by atoms with Crippen LogP contribution in [0.3, 0.4) is 0 Å². The highest BCUT2D eigenvalue weighted by atomic mass is 35.5. The molecule has 0 N–H and O–H groups in total. The highest BCUT2D eigenvalue weighted by Gasteiger charge is 2.38. The largest absolute Gasteiger partial charge is 0.482 e. The molecule has 2 unspecified atom stereocenters. The van der Waals surface area contributed by atoms with Crippen LogP contribution >= 0.6 is 35.3 Å². The standard InChI is InChI=1S/C22H24ClN3O3S.ClH/c1-13-15(23)9-10-18-19(13)24-22(30-18)26(12-11-25(3)4)21(27)20-14(2)28-16-7-5-6-8-17(16)29-20;/h5-10,14,20H,11-12H2,1-4H3;1H. The second-order valence-electron chi connectivity index (χ2n) is 7.62. The van der Waals surface area contributed by atoms with Gasteiger partial charge in [-0.15, -0.1) is 12.4 Å². The molecule has 0 saturated heterocycles. The topological polar surface area (TPSA) is 54.9 Å². The van der Waals surface area contributed by atoms with Crippen LogP contribution in [0.4, 0.5) is 5.13 Å². The Morgan fingerprint density at radius 2 is 1.81 bits per heavy atom. The lowest BCUT2D eigenvalue weighted by molar-refractivity contribution is -0.130. The van der Waals surface area contributed by atoms with E-state index in [4.69, 9.17) is 26.1 Å². The Bertz CT molecular complexity index is 1090. The maximum Gasteiger partial charge on any atom is 0.273 e. The number of hydrogen-bond donors (Lipinski definition) is 0. The highest BCUT2D eigenvalue weighted by Crippen LogP contribution is 2.36. The molecular weight excluding hydrogens is 457 g/mol. The number of carbonyl (C=O) groups is 1. The summed E-state index contributed by atoms with van der Waals surface area (Å²) in [5.41, 5.74) is 1.74. The van der Waals surface area contributed by atoms with Gasteiger partial charge in [-0.1, -0.05) is 35.1 Å². The van der Waals surface area contributed by atoms with Gasteiger partial charge in [-0.3, -0.25) is 9.69 Å². The van der Waals surface area contributed by atoms with Crippen molar-refractivity contribution in [1.82, 2.24) is 9.88 Å². The summed E-state index contributed by atoms with van der Waals surface area (Å²) in [5, 5.41) is 1.30. The van der Waals surface area contributed by atoms with E-state index in [1.54, 1.807) is 4.90 Å². The summed E-state index contributed by atoms with van der Waals surface area (Å²) in [5.74, 6) is 1.06. The van der Waals surface area contributed by atoms with E-state index in [1.165, 1.54) is 11.3 Å². The molecule has 0 fully saturated rings. The number of benzene rings is 2. The Hall–Kier alpha value is -2.06. The van der Waals surface area contributed by atoms with Gasteiger partial charge in [-0.2, -0.15) is 0 Å². The lowest BCUT2D eigenvalue weighted by Gasteiger charge is -2.34. The van der Waals surface area contributed by atoms with Crippen molar-refractivity contribution >= 4 is 56.6 Å². The molecular formula is C22H25Cl2N3O3S. The number of likely N-dealkylation sites (N-methyl/N-ethyl adjacent to an activating group) is 1. The number of halogens is 2. The average molecular weight is 482 g/mol. The fourth-order valence-electron chi connectivity index (χ4n) is 3.35. The molecule has 2 atom stereocenters. The molecule has 31 heavy (non-hydrogen) atoms. The lowest BCUT2D eigenvalue weighted by atomic mass is 10.1. The number of amides is 1. The van der Waals surface area contributed by atoms with Crippen LogP contribution < -0.4 is 14.4 Å². The molecule has 9 heteroatoms. The minimum Gasteiger partial charge on any atom is -0.482 e. The summed E-state index contributed by atoms with van der Waals surface area (Å²) in [6, 6.07) is 11.2. The number of para-hydroxylation sites is 2. The summed E-state index contributed by atoms with van der Waals surface area (Å²) < 4.78 is 13.0. The maximum atomic E-state index is 13.6. The fourth-order valence-corrected chi connectivity index (χ4v) is 4.56. The van der Waals surface area contributed by atoms with Crippen molar-refractivity contribution in [1.29, 1.82) is 0 Å². The van der Waals surface area contributed by atoms with Gasteiger partial charge in [0.15, 0.2) is 16.6 Å². The number of nitrogens with zero attached hydrogens (tertiary/aromatic N) is 3. The molecule has 3 aromatic rings. The van der Waals surface area contributed by atoms with Gasteiger partial charge >= 0.3 is 0 Å². The number of ether oxygens (including phenoxy) is 2. The van der Waals surface area contributed by atoms with Crippen LogP contribution in [0.5, 0.6) is 11.5 Å². The van der Waals surface area contributed by atoms with E-state index in [0.717, 1.165) is 15.8 Å². The smallest absolute Gasteiger partial charge is 0.273 e. The summed E-state index contributed by atoms with van der Waals surface area (Å²) in [6.07, 6.45) is -1.17. The molecule has 0 aliphatic carbocycles. The van der Waals surface area contributed by atoms with E-state index in [0.29, 0.717) is 34.7 Å². The normalized spacial score (nSPS) is 17.5. The molecule has 2 aromatic carbocycles. The Morgan fingerprint density at radius 3 is 2.48 bits per heavy atom. The molecule has 0 spiro atoms. The molecule has 0 bridgehead atoms. The fraction of sp³-hybridized carbons (Fsp3) is 0.364. The zero-order chi connectivity index (χ0) is 21.4. The molecule has 1 aliphatic heterocycles. The monoisotopic (exact) mass is 481 g/mol. The van der Waals surface area contributed by atoms with E-state index >= 15 is 0 Å². The van der Waals surface area contributed by atoms with E-state index in [-0.39, 0.29) is 18.3 Å².